The summed E-state index contributed by atoms with van der Waals surface area (Å²) in [4.78, 5) is 8.46. The summed E-state index contributed by atoms with van der Waals surface area (Å²) < 4.78 is 5.94. The molecule has 10 heteroatoms. The molecule has 0 unspecified atom stereocenters. The van der Waals surface area contributed by atoms with Gasteiger partial charge in [0.2, 0.25) is 0 Å². The third-order valence-corrected chi connectivity index (χ3v) is 7.19. The number of nitrogens with zero attached hydrogens (tertiary/aromatic N) is 2. The second kappa shape index (κ2) is 15.8. The zero-order valence-corrected chi connectivity index (χ0v) is 25.3. The molecule has 0 saturated heterocycles. The zero-order valence-electron chi connectivity index (χ0n) is 24.6. The summed E-state index contributed by atoms with van der Waals surface area (Å²) in [7, 11) is 0. The average Bonchev–Trinajstić information content (AvgIpc) is 3.06. The highest BCUT2D eigenvalue weighted by atomic mass is 35.5. The van der Waals surface area contributed by atoms with Gasteiger partial charge >= 0.3 is 0 Å². The largest absolute Gasteiger partial charge is 0.508 e. The highest BCUT2D eigenvalue weighted by molar-refractivity contribution is 6.35. The number of halogens is 1. The molecular weight excluding hydrogens is 594 g/mol. The quantitative estimate of drug-likeness (QED) is 0.0937. The molecule has 0 aliphatic rings. The monoisotopic (exact) mass is 627 g/mol. The van der Waals surface area contributed by atoms with E-state index < -0.39 is 0 Å². The van der Waals surface area contributed by atoms with E-state index in [-0.39, 0.29) is 32.2 Å². The number of aromatic nitrogens is 2. The molecule has 0 aliphatic heterocycles. The fourth-order valence-corrected chi connectivity index (χ4v) is 4.60. The van der Waals surface area contributed by atoms with E-state index in [2.05, 4.69) is 9.97 Å². The summed E-state index contributed by atoms with van der Waals surface area (Å²) in [5.74, 6) is 1.67. The maximum absolute atomic E-state index is 9.45. The van der Waals surface area contributed by atoms with Gasteiger partial charge in [0.15, 0.2) is 0 Å². The molecule has 0 fully saturated rings. The van der Waals surface area contributed by atoms with Gasteiger partial charge in [-0.05, 0) is 102 Å². The lowest BCUT2D eigenvalue weighted by atomic mass is 10.0. The summed E-state index contributed by atoms with van der Waals surface area (Å²) in [5, 5.41) is 47.9. The van der Waals surface area contributed by atoms with Crippen LogP contribution in [0.3, 0.4) is 0 Å². The lowest BCUT2D eigenvalue weighted by Gasteiger charge is -2.12. The van der Waals surface area contributed by atoms with Crippen molar-refractivity contribution in [2.45, 2.75) is 33.4 Å². The van der Waals surface area contributed by atoms with Gasteiger partial charge in [0, 0.05) is 28.9 Å². The van der Waals surface area contributed by atoms with Crippen LogP contribution in [0.1, 0.15) is 27.8 Å². The smallest absolute Gasteiger partial charge is 0.138 e. The number of ether oxygens (including phenoxy) is 1. The molecule has 6 rings (SSSR count). The number of rotatable bonds is 6. The second-order valence-corrected chi connectivity index (χ2v) is 10.4. The molecule has 0 bridgehead atoms. The first-order valence-electron chi connectivity index (χ1n) is 13.9. The van der Waals surface area contributed by atoms with E-state index in [4.69, 9.17) is 37.4 Å². The van der Waals surface area contributed by atoms with Gasteiger partial charge in [0.1, 0.15) is 17.2 Å². The van der Waals surface area contributed by atoms with E-state index >= 15 is 0 Å². The predicted molar refractivity (Wildman–Crippen MR) is 176 cm³/mol. The number of nitrogens with two attached hydrogens (primary N) is 1. The van der Waals surface area contributed by atoms with Crippen LogP contribution in [0.15, 0.2) is 97.3 Å². The molecule has 0 atom stereocenters. The number of aliphatic hydroxyl groups excluding tert-OH is 4. The first-order chi connectivity index (χ1) is 21.8. The maximum Gasteiger partial charge on any atom is 0.138 e. The molecule has 0 saturated carbocycles. The van der Waals surface area contributed by atoms with Gasteiger partial charge in [0.05, 0.1) is 42.5 Å². The minimum atomic E-state index is -0.134. The van der Waals surface area contributed by atoms with Crippen molar-refractivity contribution in [3.8, 4) is 17.2 Å². The molecule has 2 aromatic heterocycles. The van der Waals surface area contributed by atoms with Gasteiger partial charge in [-0.2, -0.15) is 0 Å². The van der Waals surface area contributed by atoms with E-state index in [9.17, 15) is 10.2 Å². The van der Waals surface area contributed by atoms with E-state index in [0.29, 0.717) is 38.7 Å². The second-order valence-electron chi connectivity index (χ2n) is 10.0. The Morgan fingerprint density at radius 2 is 1.13 bits per heavy atom. The number of anilines is 1. The van der Waals surface area contributed by atoms with Crippen LogP contribution in [0.5, 0.6) is 17.2 Å². The van der Waals surface area contributed by atoms with Crippen molar-refractivity contribution < 1.29 is 30.3 Å². The number of phenolic OH excluding ortho intramolecular Hbond substituents is 1. The van der Waals surface area contributed by atoms with Crippen LogP contribution in [-0.2, 0) is 26.4 Å². The van der Waals surface area contributed by atoms with Gasteiger partial charge in [-0.3, -0.25) is 9.97 Å². The molecule has 9 nitrogen and oxygen atoms in total. The number of phenols is 1. The SMILES string of the molecule is Cc1ccc(Oc2ccnc3cc(CO)c(CO)cc23)cc1.Nc1ccc(O)cc1.OCc1cc2nccc(Cl)c2cc1CO. The topological polar surface area (TPSA) is 162 Å². The zero-order chi connectivity index (χ0) is 32.3. The molecule has 45 heavy (non-hydrogen) atoms. The minimum Gasteiger partial charge on any atom is -0.508 e. The van der Waals surface area contributed by atoms with Gasteiger partial charge in [-0.1, -0.05) is 29.3 Å². The molecule has 7 N–H and O–H groups in total. The van der Waals surface area contributed by atoms with Crippen molar-refractivity contribution in [3.05, 3.63) is 130 Å². The summed E-state index contributed by atoms with van der Waals surface area (Å²) in [5.41, 5.74) is 11.3. The highest BCUT2D eigenvalue weighted by Crippen LogP contribution is 2.31. The number of aryl methyl sites for hydroxylation is 1. The molecule has 4 aromatic carbocycles. The van der Waals surface area contributed by atoms with Crippen LogP contribution in [0.25, 0.3) is 21.8 Å². The number of benzene rings is 4. The van der Waals surface area contributed by atoms with Crippen molar-refractivity contribution in [2.24, 2.45) is 0 Å². The number of pyridine rings is 2. The molecule has 232 valence electrons. The standard InChI is InChI=1S/C18H17NO3.C11H10ClNO2.C6H7NO/c1-12-2-4-15(5-3-12)22-18-6-7-19-17-9-14(11-21)13(10-20)8-16(17)18;12-10-1-2-13-11-4-8(6-15)7(5-14)3-9(10)11;7-5-1-3-6(8)4-2-5/h2-9,20-21H,10-11H2,1H3;1-4,14-15H,5-6H2;1-4,8H,7H2. The van der Waals surface area contributed by atoms with Crippen molar-refractivity contribution in [2.75, 3.05) is 5.73 Å². The Hall–Kier alpha value is -4.77. The van der Waals surface area contributed by atoms with Crippen molar-refractivity contribution in [1.29, 1.82) is 0 Å². The number of hydrogen-bond acceptors (Lipinski definition) is 9. The molecular formula is C35H34ClN3O6. The minimum absolute atomic E-state index is 0.111. The van der Waals surface area contributed by atoms with Gasteiger partial charge in [-0.15, -0.1) is 0 Å². The Morgan fingerprint density at radius 3 is 1.67 bits per heavy atom. The fourth-order valence-electron chi connectivity index (χ4n) is 4.39. The Morgan fingerprint density at radius 1 is 0.644 bits per heavy atom. The third kappa shape index (κ3) is 8.66. The normalized spacial score (nSPS) is 10.5. The number of aliphatic hydroxyl groups is 4. The molecule has 0 aliphatic carbocycles. The van der Waals surface area contributed by atoms with Crippen LogP contribution in [0.2, 0.25) is 5.02 Å². The Kier molecular flexibility index (Phi) is 11.6. The van der Waals surface area contributed by atoms with E-state index in [0.717, 1.165) is 27.6 Å². The Labute approximate surface area is 265 Å². The van der Waals surface area contributed by atoms with Crippen molar-refractivity contribution >= 4 is 39.1 Å². The molecule has 0 radical (unpaired) electrons. The summed E-state index contributed by atoms with van der Waals surface area (Å²) >= 11 is 6.00. The fraction of sp³-hybridized carbons (Fsp3) is 0.143. The average molecular weight is 628 g/mol. The first kappa shape index (κ1) is 33.1. The molecule has 0 amide bonds. The Balaban J connectivity index is 0.000000172. The lowest BCUT2D eigenvalue weighted by molar-refractivity contribution is 0.260. The van der Waals surface area contributed by atoms with Crippen LogP contribution in [0.4, 0.5) is 5.69 Å². The van der Waals surface area contributed by atoms with Crippen LogP contribution >= 0.6 is 11.6 Å². The van der Waals surface area contributed by atoms with Crippen LogP contribution < -0.4 is 10.5 Å². The predicted octanol–water partition coefficient (Wildman–Crippen LogP) is 6.17. The summed E-state index contributed by atoms with van der Waals surface area (Å²) in [6.45, 7) is 1.54. The maximum atomic E-state index is 9.45. The lowest BCUT2D eigenvalue weighted by Crippen LogP contribution is -1.96. The Bertz CT molecular complexity index is 1840. The number of nitrogen functional groups attached to an aromatic ring is 1. The van der Waals surface area contributed by atoms with Gasteiger partial charge in [0.25, 0.3) is 0 Å². The number of aromatic hydroxyl groups is 1. The van der Waals surface area contributed by atoms with Gasteiger partial charge in [-0.25, -0.2) is 0 Å². The number of hydrogen-bond donors (Lipinski definition) is 6. The number of fused-ring (bicyclic) bond motifs is 2. The molecule has 2 heterocycles. The van der Waals surface area contributed by atoms with E-state index in [1.807, 2.05) is 37.3 Å². The molecule has 0 spiro atoms. The van der Waals surface area contributed by atoms with Gasteiger partial charge < -0.3 is 36.0 Å². The van der Waals surface area contributed by atoms with Crippen LogP contribution in [-0.4, -0.2) is 35.5 Å². The summed E-state index contributed by atoms with van der Waals surface area (Å²) in [6.07, 6.45) is 3.29. The summed E-state index contributed by atoms with van der Waals surface area (Å²) in [6, 6.07) is 24.8. The van der Waals surface area contributed by atoms with Crippen molar-refractivity contribution in [3.63, 3.8) is 0 Å². The first-order valence-corrected chi connectivity index (χ1v) is 14.3. The molecule has 6 aromatic rings. The van der Waals surface area contributed by atoms with Crippen molar-refractivity contribution in [1.82, 2.24) is 9.97 Å². The highest BCUT2D eigenvalue weighted by Gasteiger charge is 2.10. The van der Waals surface area contributed by atoms with E-state index in [1.54, 1.807) is 67.0 Å². The third-order valence-electron chi connectivity index (χ3n) is 6.86. The van der Waals surface area contributed by atoms with E-state index in [1.165, 1.54) is 5.56 Å². The van der Waals surface area contributed by atoms with Crippen LogP contribution in [0, 0.1) is 6.92 Å².